The van der Waals surface area contributed by atoms with E-state index in [1.54, 1.807) is 13.8 Å². The number of nitrogens with one attached hydrogen (secondary N) is 3. The second-order valence-electron chi connectivity index (χ2n) is 6.59. The van der Waals surface area contributed by atoms with Crippen molar-refractivity contribution in [1.82, 2.24) is 15.4 Å². The van der Waals surface area contributed by atoms with Crippen molar-refractivity contribution < 1.29 is 17.9 Å². The predicted octanol–water partition coefficient (Wildman–Crippen LogP) is 0.683. The largest absolute Gasteiger partial charge is 0.379 e. The molecule has 0 aromatic carbocycles. The van der Waals surface area contributed by atoms with Crippen LogP contribution < -0.4 is 15.4 Å². The number of guanidine groups is 1. The van der Waals surface area contributed by atoms with E-state index in [1.807, 2.05) is 6.92 Å². The summed E-state index contributed by atoms with van der Waals surface area (Å²) in [5.41, 5.74) is -0.637. The van der Waals surface area contributed by atoms with Crippen molar-refractivity contribution in [3.05, 3.63) is 0 Å². The molecule has 0 aliphatic carbocycles. The highest BCUT2D eigenvalue weighted by Crippen LogP contribution is 2.08. The van der Waals surface area contributed by atoms with E-state index >= 15 is 0 Å². The SMILES string of the molecule is CCNC(=NCC(C)(C)NS(C)(=O)=O)NCCCOC1CCOC1.I. The highest BCUT2D eigenvalue weighted by atomic mass is 127. The van der Waals surface area contributed by atoms with Gasteiger partial charge in [0.1, 0.15) is 0 Å². The standard InChI is InChI=1S/C15H32N4O4S.HI/c1-5-16-14(18-12-15(2,3)19-24(4,20)21)17-8-6-9-23-13-7-10-22-11-13;/h13,19H,5-12H2,1-4H3,(H2,16,17,18);1H. The van der Waals surface area contributed by atoms with E-state index in [0.717, 1.165) is 38.8 Å². The van der Waals surface area contributed by atoms with Crippen LogP contribution in [-0.4, -0.2) is 71.7 Å². The van der Waals surface area contributed by atoms with E-state index in [-0.39, 0.29) is 30.1 Å². The van der Waals surface area contributed by atoms with E-state index in [4.69, 9.17) is 9.47 Å². The van der Waals surface area contributed by atoms with Gasteiger partial charge in [0.2, 0.25) is 10.0 Å². The van der Waals surface area contributed by atoms with Crippen molar-refractivity contribution in [3.8, 4) is 0 Å². The van der Waals surface area contributed by atoms with Crippen molar-refractivity contribution in [2.24, 2.45) is 4.99 Å². The molecule has 10 heteroatoms. The summed E-state index contributed by atoms with van der Waals surface area (Å²) >= 11 is 0. The summed E-state index contributed by atoms with van der Waals surface area (Å²) in [5.74, 6) is 0.671. The number of rotatable bonds is 10. The molecule has 1 unspecified atom stereocenters. The summed E-state index contributed by atoms with van der Waals surface area (Å²) in [6.45, 7) is 9.57. The lowest BCUT2D eigenvalue weighted by molar-refractivity contribution is 0.0420. The van der Waals surface area contributed by atoms with Crippen LogP contribution in [0.1, 0.15) is 33.6 Å². The predicted molar refractivity (Wildman–Crippen MR) is 111 cm³/mol. The van der Waals surface area contributed by atoms with Gasteiger partial charge in [0.25, 0.3) is 0 Å². The van der Waals surface area contributed by atoms with Crippen molar-refractivity contribution >= 4 is 40.0 Å². The fraction of sp³-hybridized carbons (Fsp3) is 0.933. The van der Waals surface area contributed by atoms with Crippen LogP contribution in [-0.2, 0) is 19.5 Å². The third-order valence-corrected chi connectivity index (χ3v) is 4.22. The third kappa shape index (κ3) is 12.8. The second-order valence-corrected chi connectivity index (χ2v) is 8.34. The molecule has 0 aromatic heterocycles. The molecule has 0 aromatic rings. The molecule has 0 amide bonds. The summed E-state index contributed by atoms with van der Waals surface area (Å²) in [7, 11) is -3.26. The second kappa shape index (κ2) is 12.3. The average molecular weight is 492 g/mol. The number of halogens is 1. The first-order valence-electron chi connectivity index (χ1n) is 8.42. The van der Waals surface area contributed by atoms with E-state index in [2.05, 4.69) is 20.3 Å². The van der Waals surface area contributed by atoms with Gasteiger partial charge in [-0.3, -0.25) is 4.99 Å². The Morgan fingerprint density at radius 3 is 2.64 bits per heavy atom. The Morgan fingerprint density at radius 2 is 2.08 bits per heavy atom. The highest BCUT2D eigenvalue weighted by Gasteiger charge is 2.21. The van der Waals surface area contributed by atoms with Crippen molar-refractivity contribution in [1.29, 1.82) is 0 Å². The summed E-state index contributed by atoms with van der Waals surface area (Å²) in [5, 5.41) is 6.38. The van der Waals surface area contributed by atoms with E-state index in [0.29, 0.717) is 25.7 Å². The molecule has 1 heterocycles. The summed E-state index contributed by atoms with van der Waals surface area (Å²) in [6, 6.07) is 0. The van der Waals surface area contributed by atoms with Crippen LogP contribution in [0.3, 0.4) is 0 Å². The fourth-order valence-corrected chi connectivity index (χ4v) is 3.39. The molecule has 25 heavy (non-hydrogen) atoms. The van der Waals surface area contributed by atoms with Crippen LogP contribution >= 0.6 is 24.0 Å². The molecular weight excluding hydrogens is 459 g/mol. The zero-order valence-electron chi connectivity index (χ0n) is 15.6. The Bertz CT molecular complexity index is 494. The monoisotopic (exact) mass is 492 g/mol. The fourth-order valence-electron chi connectivity index (χ4n) is 2.33. The minimum atomic E-state index is -3.26. The van der Waals surface area contributed by atoms with Gasteiger partial charge in [0, 0.05) is 31.8 Å². The number of hydrogen-bond donors (Lipinski definition) is 3. The van der Waals surface area contributed by atoms with Crippen molar-refractivity contribution in [3.63, 3.8) is 0 Å². The van der Waals surface area contributed by atoms with Gasteiger partial charge in [-0.15, -0.1) is 24.0 Å². The molecule has 1 fully saturated rings. The van der Waals surface area contributed by atoms with Crippen LogP contribution in [0.5, 0.6) is 0 Å². The maximum Gasteiger partial charge on any atom is 0.209 e. The van der Waals surface area contributed by atoms with Gasteiger partial charge >= 0.3 is 0 Å². The zero-order valence-corrected chi connectivity index (χ0v) is 18.8. The summed E-state index contributed by atoms with van der Waals surface area (Å²) in [6.07, 6.45) is 3.22. The minimum absolute atomic E-state index is 0. The highest BCUT2D eigenvalue weighted by molar-refractivity contribution is 14.0. The normalized spacial score (nSPS) is 18.7. The Balaban J connectivity index is 0.00000576. The quantitative estimate of drug-likeness (QED) is 0.180. The van der Waals surface area contributed by atoms with Gasteiger partial charge in [0.05, 0.1) is 25.5 Å². The van der Waals surface area contributed by atoms with E-state index < -0.39 is 15.6 Å². The number of sulfonamides is 1. The molecule has 1 atom stereocenters. The summed E-state index contributed by atoms with van der Waals surface area (Å²) in [4.78, 5) is 4.45. The first kappa shape index (κ1) is 24.8. The van der Waals surface area contributed by atoms with E-state index in [9.17, 15) is 8.42 Å². The molecule has 1 aliphatic rings. The average Bonchev–Trinajstić information content (AvgIpc) is 2.95. The maximum absolute atomic E-state index is 11.4. The maximum atomic E-state index is 11.4. The smallest absolute Gasteiger partial charge is 0.209 e. The lowest BCUT2D eigenvalue weighted by Crippen LogP contribution is -2.46. The Kier molecular flexibility index (Phi) is 12.2. The number of ether oxygens (including phenoxy) is 2. The Hall–Kier alpha value is -0.170. The molecular formula is C15H33IN4O4S. The summed E-state index contributed by atoms with van der Waals surface area (Å²) < 4.78 is 36.3. The lowest BCUT2D eigenvalue weighted by atomic mass is 10.1. The molecule has 3 N–H and O–H groups in total. The number of aliphatic imine (C=N–C) groups is 1. The van der Waals surface area contributed by atoms with E-state index in [1.165, 1.54) is 0 Å². The molecule has 150 valence electrons. The van der Waals surface area contributed by atoms with Gasteiger partial charge < -0.3 is 20.1 Å². The van der Waals surface area contributed by atoms with Crippen LogP contribution in [0.15, 0.2) is 4.99 Å². The lowest BCUT2D eigenvalue weighted by Gasteiger charge is -2.23. The molecule has 1 saturated heterocycles. The van der Waals surface area contributed by atoms with Crippen molar-refractivity contribution in [2.45, 2.75) is 45.3 Å². The van der Waals surface area contributed by atoms with Gasteiger partial charge in [-0.2, -0.15) is 0 Å². The first-order valence-corrected chi connectivity index (χ1v) is 10.3. The molecule has 1 rings (SSSR count). The van der Waals surface area contributed by atoms with Crippen LogP contribution in [0.4, 0.5) is 0 Å². The Labute approximate surface area is 169 Å². The van der Waals surface area contributed by atoms with Crippen LogP contribution in [0.25, 0.3) is 0 Å². The molecule has 1 aliphatic heterocycles. The molecule has 0 saturated carbocycles. The number of hydrogen-bond acceptors (Lipinski definition) is 5. The number of nitrogens with zero attached hydrogens (tertiary/aromatic N) is 1. The van der Waals surface area contributed by atoms with Crippen LogP contribution in [0.2, 0.25) is 0 Å². The first-order chi connectivity index (χ1) is 11.2. The molecule has 0 bridgehead atoms. The topological polar surface area (TPSA) is 101 Å². The van der Waals surface area contributed by atoms with Gasteiger partial charge in [0.15, 0.2) is 5.96 Å². The third-order valence-electron chi connectivity index (χ3n) is 3.29. The molecule has 0 spiro atoms. The van der Waals surface area contributed by atoms with Crippen molar-refractivity contribution in [2.75, 3.05) is 45.7 Å². The van der Waals surface area contributed by atoms with Crippen LogP contribution in [0, 0.1) is 0 Å². The van der Waals surface area contributed by atoms with Gasteiger partial charge in [-0.05, 0) is 33.6 Å². The molecule has 0 radical (unpaired) electrons. The Morgan fingerprint density at radius 1 is 1.36 bits per heavy atom. The zero-order chi connectivity index (χ0) is 18.1. The van der Waals surface area contributed by atoms with Gasteiger partial charge in [-0.1, -0.05) is 0 Å². The molecule has 8 nitrogen and oxygen atoms in total. The minimum Gasteiger partial charge on any atom is -0.379 e. The van der Waals surface area contributed by atoms with Gasteiger partial charge in [-0.25, -0.2) is 13.1 Å².